The van der Waals surface area contributed by atoms with Crippen molar-refractivity contribution in [2.75, 3.05) is 0 Å². The molecule has 0 amide bonds. The van der Waals surface area contributed by atoms with Crippen LogP contribution in [-0.2, 0) is 5.75 Å². The van der Waals surface area contributed by atoms with Crippen molar-refractivity contribution >= 4 is 16.9 Å². The van der Waals surface area contributed by atoms with Gasteiger partial charge in [-0.05, 0) is 0 Å². The van der Waals surface area contributed by atoms with Crippen LogP contribution in [0.25, 0.3) is 0 Å². The zero-order valence-electron chi connectivity index (χ0n) is 6.59. The van der Waals surface area contributed by atoms with E-state index in [4.69, 9.17) is 11.1 Å². The Labute approximate surface area is 77.1 Å². The maximum absolute atomic E-state index is 10.8. The summed E-state index contributed by atoms with van der Waals surface area (Å²) in [4.78, 5) is 26.0. The lowest BCUT2D eigenvalue weighted by molar-refractivity contribution is 0.987. The maximum atomic E-state index is 10.8. The van der Waals surface area contributed by atoms with Crippen LogP contribution >= 0.6 is 11.8 Å². The topological polar surface area (TPSA) is 116 Å². The molecule has 1 aromatic heterocycles. The highest BCUT2D eigenvalue weighted by atomic mass is 32.2. The fraction of sp³-hybridized carbons (Fsp3) is 0.167. The van der Waals surface area contributed by atoms with Gasteiger partial charge in [-0.15, -0.1) is 0 Å². The van der Waals surface area contributed by atoms with Gasteiger partial charge in [-0.2, -0.15) is 0 Å². The lowest BCUT2D eigenvalue weighted by Crippen LogP contribution is -2.22. The van der Waals surface area contributed by atoms with Crippen molar-refractivity contribution in [3.63, 3.8) is 0 Å². The van der Waals surface area contributed by atoms with E-state index in [9.17, 15) is 9.59 Å². The van der Waals surface area contributed by atoms with Crippen LogP contribution < -0.4 is 17.0 Å². The minimum atomic E-state index is -0.549. The van der Waals surface area contributed by atoms with Gasteiger partial charge in [0.05, 0.1) is 0 Å². The summed E-state index contributed by atoms with van der Waals surface area (Å²) in [6.07, 6.45) is 0. The Morgan fingerprint density at radius 1 is 1.54 bits per heavy atom. The second kappa shape index (κ2) is 3.94. The van der Waals surface area contributed by atoms with E-state index in [1.54, 1.807) is 0 Å². The highest BCUT2D eigenvalue weighted by Crippen LogP contribution is 2.05. The zero-order chi connectivity index (χ0) is 9.84. The molecule has 1 heterocycles. The van der Waals surface area contributed by atoms with Crippen LogP contribution in [-0.4, -0.2) is 15.1 Å². The molecule has 13 heavy (non-hydrogen) atoms. The molecule has 0 unspecified atom stereocenters. The second-order valence-corrected chi connectivity index (χ2v) is 3.28. The number of nitrogens with two attached hydrogens (primary N) is 1. The van der Waals surface area contributed by atoms with Crippen LogP contribution in [0.2, 0.25) is 0 Å². The smallest absolute Gasteiger partial charge is 0.325 e. The van der Waals surface area contributed by atoms with E-state index >= 15 is 0 Å². The van der Waals surface area contributed by atoms with Crippen LogP contribution in [0.4, 0.5) is 0 Å². The molecule has 1 aromatic rings. The largest absolute Gasteiger partial charge is 0.379 e. The van der Waals surface area contributed by atoms with Crippen LogP contribution in [0.5, 0.6) is 0 Å². The maximum Gasteiger partial charge on any atom is 0.325 e. The Kier molecular flexibility index (Phi) is 2.91. The molecular weight excluding hydrogens is 192 g/mol. The first-order chi connectivity index (χ1) is 6.08. The van der Waals surface area contributed by atoms with Gasteiger partial charge in [0, 0.05) is 17.5 Å². The molecule has 0 saturated heterocycles. The van der Waals surface area contributed by atoms with Crippen LogP contribution in [0.15, 0.2) is 15.7 Å². The molecule has 6 nitrogen and oxygen atoms in total. The van der Waals surface area contributed by atoms with Crippen molar-refractivity contribution in [2.45, 2.75) is 5.75 Å². The average molecular weight is 200 g/mol. The van der Waals surface area contributed by atoms with E-state index in [1.807, 2.05) is 4.98 Å². The SMILES string of the molecule is N=C(N)SCc1cc(=O)[nH]c(=O)[nH]1. The molecule has 0 aliphatic heterocycles. The molecule has 0 spiro atoms. The summed E-state index contributed by atoms with van der Waals surface area (Å²) in [5.74, 6) is 0.314. The summed E-state index contributed by atoms with van der Waals surface area (Å²) in [5, 5.41) is 6.86. The second-order valence-electron chi connectivity index (χ2n) is 2.27. The Morgan fingerprint density at radius 3 is 2.77 bits per heavy atom. The quantitative estimate of drug-likeness (QED) is 0.369. The molecule has 0 radical (unpaired) electrons. The standard InChI is InChI=1S/C6H8N4O2S/c7-5(8)13-2-3-1-4(11)10-6(12)9-3/h1H,2H2,(H3,7,8)(H2,9,10,11,12). The number of aromatic amines is 2. The van der Waals surface area contributed by atoms with E-state index < -0.39 is 11.2 Å². The molecule has 1 rings (SSSR count). The Hall–Kier alpha value is -1.50. The van der Waals surface area contributed by atoms with Gasteiger partial charge in [-0.3, -0.25) is 15.2 Å². The lowest BCUT2D eigenvalue weighted by atomic mass is 10.5. The third-order valence-corrected chi connectivity index (χ3v) is 1.97. The number of nitrogens with one attached hydrogen (secondary N) is 3. The van der Waals surface area contributed by atoms with E-state index in [2.05, 4.69) is 4.98 Å². The highest BCUT2D eigenvalue weighted by molar-refractivity contribution is 8.13. The number of H-pyrrole nitrogens is 2. The normalized spacial score (nSPS) is 9.85. The molecule has 0 saturated carbocycles. The predicted molar refractivity (Wildman–Crippen MR) is 50.9 cm³/mol. The fourth-order valence-electron chi connectivity index (χ4n) is 0.753. The Bertz CT molecular complexity index is 393. The molecule has 0 atom stereocenters. The lowest BCUT2D eigenvalue weighted by Gasteiger charge is -1.97. The first-order valence-electron chi connectivity index (χ1n) is 3.37. The molecular formula is C6H8N4O2S. The van der Waals surface area contributed by atoms with Crippen molar-refractivity contribution in [2.24, 2.45) is 5.73 Å². The van der Waals surface area contributed by atoms with Crippen molar-refractivity contribution in [1.29, 1.82) is 5.41 Å². The van der Waals surface area contributed by atoms with E-state index in [-0.39, 0.29) is 5.17 Å². The van der Waals surface area contributed by atoms with E-state index in [1.165, 1.54) is 6.07 Å². The summed E-state index contributed by atoms with van der Waals surface area (Å²) >= 11 is 1.04. The van der Waals surface area contributed by atoms with Crippen LogP contribution in [0.1, 0.15) is 5.69 Å². The Balaban J connectivity index is 2.84. The fourth-order valence-corrected chi connectivity index (χ4v) is 1.22. The molecule has 7 heteroatoms. The minimum absolute atomic E-state index is 0.0545. The number of amidine groups is 1. The minimum Gasteiger partial charge on any atom is -0.379 e. The predicted octanol–water partition coefficient (Wildman–Crippen LogP) is -0.810. The van der Waals surface area contributed by atoms with Crippen LogP contribution in [0, 0.1) is 5.41 Å². The van der Waals surface area contributed by atoms with Crippen molar-refractivity contribution in [1.82, 2.24) is 9.97 Å². The molecule has 0 bridgehead atoms. The zero-order valence-corrected chi connectivity index (χ0v) is 7.40. The monoisotopic (exact) mass is 200 g/mol. The molecule has 5 N–H and O–H groups in total. The summed E-state index contributed by atoms with van der Waals surface area (Å²) in [6, 6.07) is 1.26. The molecule has 70 valence electrons. The highest BCUT2D eigenvalue weighted by Gasteiger charge is 1.97. The summed E-state index contributed by atoms with van der Waals surface area (Å²) < 4.78 is 0. The number of aromatic nitrogens is 2. The third-order valence-electron chi connectivity index (χ3n) is 1.20. The molecule has 0 aromatic carbocycles. The summed E-state index contributed by atoms with van der Waals surface area (Å²) in [6.45, 7) is 0. The van der Waals surface area contributed by atoms with Gasteiger partial charge in [0.15, 0.2) is 5.17 Å². The van der Waals surface area contributed by atoms with Gasteiger partial charge < -0.3 is 10.7 Å². The van der Waals surface area contributed by atoms with Gasteiger partial charge in [0.25, 0.3) is 5.56 Å². The van der Waals surface area contributed by atoms with Gasteiger partial charge in [-0.1, -0.05) is 11.8 Å². The van der Waals surface area contributed by atoms with E-state index in [0.717, 1.165) is 11.8 Å². The van der Waals surface area contributed by atoms with Gasteiger partial charge in [-0.25, -0.2) is 4.79 Å². The van der Waals surface area contributed by atoms with Crippen molar-refractivity contribution in [3.8, 4) is 0 Å². The number of hydrogen-bond acceptors (Lipinski definition) is 4. The van der Waals surface area contributed by atoms with Crippen molar-refractivity contribution < 1.29 is 0 Å². The first kappa shape index (κ1) is 9.59. The molecule has 0 aliphatic carbocycles. The molecule has 0 aliphatic rings. The summed E-state index contributed by atoms with van der Waals surface area (Å²) in [5.41, 5.74) is 4.53. The number of rotatable bonds is 2. The first-order valence-corrected chi connectivity index (χ1v) is 4.36. The van der Waals surface area contributed by atoms with Gasteiger partial charge in [0.2, 0.25) is 0 Å². The third kappa shape index (κ3) is 3.16. The summed E-state index contributed by atoms with van der Waals surface area (Å²) in [7, 11) is 0. The number of thioether (sulfide) groups is 1. The number of hydrogen-bond donors (Lipinski definition) is 4. The van der Waals surface area contributed by atoms with Gasteiger partial charge in [0.1, 0.15) is 0 Å². The van der Waals surface area contributed by atoms with Gasteiger partial charge >= 0.3 is 5.69 Å². The van der Waals surface area contributed by atoms with E-state index in [0.29, 0.717) is 11.4 Å². The van der Waals surface area contributed by atoms with Crippen molar-refractivity contribution in [3.05, 3.63) is 32.6 Å². The van der Waals surface area contributed by atoms with Crippen LogP contribution in [0.3, 0.4) is 0 Å². The Morgan fingerprint density at radius 2 is 2.23 bits per heavy atom. The molecule has 0 fully saturated rings. The average Bonchev–Trinajstić information content (AvgIpc) is 1.99.